The van der Waals surface area contributed by atoms with Crippen LogP contribution in [-0.4, -0.2) is 38.8 Å². The second-order valence-electron chi connectivity index (χ2n) is 6.42. The number of hydrogen-bond acceptors (Lipinski definition) is 3. The van der Waals surface area contributed by atoms with Gasteiger partial charge in [-0.2, -0.15) is 0 Å². The number of ether oxygens (including phenoxy) is 1. The Morgan fingerprint density at radius 3 is 2.80 bits per heavy atom. The van der Waals surface area contributed by atoms with Crippen molar-refractivity contribution >= 4 is 5.91 Å². The minimum atomic E-state index is 0.175. The number of rotatable bonds is 7. The molecule has 4 heteroatoms. The van der Waals surface area contributed by atoms with E-state index in [4.69, 9.17) is 4.74 Å². The number of piperidine rings is 1. The van der Waals surface area contributed by atoms with Crippen molar-refractivity contribution in [1.82, 2.24) is 10.6 Å². The Morgan fingerprint density at radius 2 is 2.15 bits per heavy atom. The van der Waals surface area contributed by atoms with Gasteiger partial charge in [-0.3, -0.25) is 4.79 Å². The van der Waals surface area contributed by atoms with Crippen LogP contribution in [0, 0.1) is 11.3 Å². The standard InChI is InChI=1S/C16H30N2O2/c1-2-20-11-9-16(7-3-4-8-16)13-18-15(19)14-6-5-10-17-12-14/h14,17H,2-13H2,1H3,(H,18,19). The Balaban J connectivity index is 1.77. The van der Waals surface area contributed by atoms with Crippen molar-refractivity contribution in [1.29, 1.82) is 0 Å². The Morgan fingerprint density at radius 1 is 1.35 bits per heavy atom. The molecule has 2 rings (SSSR count). The largest absolute Gasteiger partial charge is 0.382 e. The number of carbonyl (C=O) groups excluding carboxylic acids is 1. The number of amides is 1. The van der Waals surface area contributed by atoms with Crippen molar-refractivity contribution in [2.24, 2.45) is 11.3 Å². The number of carbonyl (C=O) groups is 1. The van der Waals surface area contributed by atoms with E-state index in [-0.39, 0.29) is 11.8 Å². The van der Waals surface area contributed by atoms with E-state index in [1.165, 1.54) is 25.7 Å². The molecule has 2 fully saturated rings. The summed E-state index contributed by atoms with van der Waals surface area (Å²) in [6.45, 7) is 6.40. The number of nitrogens with one attached hydrogen (secondary N) is 2. The van der Waals surface area contributed by atoms with E-state index in [0.29, 0.717) is 5.41 Å². The van der Waals surface area contributed by atoms with Gasteiger partial charge in [-0.25, -0.2) is 0 Å². The van der Waals surface area contributed by atoms with Crippen LogP contribution in [-0.2, 0) is 9.53 Å². The van der Waals surface area contributed by atoms with Crippen molar-refractivity contribution < 1.29 is 9.53 Å². The van der Waals surface area contributed by atoms with E-state index in [9.17, 15) is 4.79 Å². The molecule has 0 aromatic carbocycles. The molecule has 0 aromatic heterocycles. The van der Waals surface area contributed by atoms with Gasteiger partial charge < -0.3 is 15.4 Å². The van der Waals surface area contributed by atoms with Crippen LogP contribution in [0.1, 0.15) is 51.9 Å². The zero-order valence-corrected chi connectivity index (χ0v) is 12.9. The monoisotopic (exact) mass is 282 g/mol. The summed E-state index contributed by atoms with van der Waals surface area (Å²) in [5, 5.41) is 6.54. The third kappa shape index (κ3) is 4.45. The number of hydrogen-bond donors (Lipinski definition) is 2. The molecule has 0 radical (unpaired) electrons. The van der Waals surface area contributed by atoms with Crippen LogP contribution >= 0.6 is 0 Å². The third-order valence-electron chi connectivity index (χ3n) is 4.95. The topological polar surface area (TPSA) is 50.4 Å². The fraction of sp³-hybridized carbons (Fsp3) is 0.938. The minimum absolute atomic E-state index is 0.175. The van der Waals surface area contributed by atoms with Gasteiger partial charge in [0.1, 0.15) is 0 Å². The summed E-state index contributed by atoms with van der Waals surface area (Å²) in [6.07, 6.45) is 8.31. The maximum Gasteiger partial charge on any atom is 0.224 e. The lowest BCUT2D eigenvalue weighted by Gasteiger charge is -2.30. The first kappa shape index (κ1) is 15.8. The first-order valence-electron chi connectivity index (χ1n) is 8.32. The molecule has 2 aliphatic rings. The molecule has 1 unspecified atom stereocenters. The molecular weight excluding hydrogens is 252 g/mol. The minimum Gasteiger partial charge on any atom is -0.382 e. The quantitative estimate of drug-likeness (QED) is 0.703. The van der Waals surface area contributed by atoms with E-state index >= 15 is 0 Å². The summed E-state index contributed by atoms with van der Waals surface area (Å²) in [5.74, 6) is 0.425. The molecule has 116 valence electrons. The SMILES string of the molecule is CCOCCC1(CNC(=O)C2CCCNC2)CCCC1. The van der Waals surface area contributed by atoms with Crippen LogP contribution in [0.2, 0.25) is 0 Å². The maximum absolute atomic E-state index is 12.2. The molecule has 0 bridgehead atoms. The molecule has 1 heterocycles. The molecule has 2 N–H and O–H groups in total. The molecule has 20 heavy (non-hydrogen) atoms. The van der Waals surface area contributed by atoms with Crippen LogP contribution in [0.3, 0.4) is 0 Å². The zero-order valence-electron chi connectivity index (χ0n) is 12.9. The summed E-state index contributed by atoms with van der Waals surface area (Å²) < 4.78 is 5.52. The van der Waals surface area contributed by atoms with Crippen LogP contribution in [0.15, 0.2) is 0 Å². The molecule has 1 saturated carbocycles. The van der Waals surface area contributed by atoms with Crippen LogP contribution < -0.4 is 10.6 Å². The molecule has 0 spiro atoms. The van der Waals surface area contributed by atoms with Crippen molar-refractivity contribution in [2.45, 2.75) is 51.9 Å². The predicted octanol–water partition coefficient (Wildman–Crippen LogP) is 2.09. The highest BCUT2D eigenvalue weighted by Crippen LogP contribution is 2.40. The summed E-state index contributed by atoms with van der Waals surface area (Å²) in [6, 6.07) is 0. The lowest BCUT2D eigenvalue weighted by molar-refractivity contribution is -0.126. The van der Waals surface area contributed by atoms with E-state index in [1.807, 2.05) is 6.92 Å². The first-order chi connectivity index (χ1) is 9.76. The van der Waals surface area contributed by atoms with E-state index < -0.39 is 0 Å². The molecule has 4 nitrogen and oxygen atoms in total. The molecule has 1 atom stereocenters. The van der Waals surface area contributed by atoms with E-state index in [0.717, 1.165) is 52.1 Å². The summed E-state index contributed by atoms with van der Waals surface area (Å²) >= 11 is 0. The maximum atomic E-state index is 12.2. The van der Waals surface area contributed by atoms with Crippen molar-refractivity contribution in [3.05, 3.63) is 0 Å². The molecule has 0 aromatic rings. The average molecular weight is 282 g/mol. The molecule has 1 aliphatic heterocycles. The Hall–Kier alpha value is -0.610. The predicted molar refractivity (Wildman–Crippen MR) is 80.6 cm³/mol. The Labute approximate surface area is 123 Å². The first-order valence-corrected chi connectivity index (χ1v) is 8.32. The molecule has 1 amide bonds. The van der Waals surface area contributed by atoms with Crippen molar-refractivity contribution in [3.63, 3.8) is 0 Å². The molecular formula is C16H30N2O2. The summed E-state index contributed by atoms with van der Waals surface area (Å²) in [5.41, 5.74) is 0.299. The van der Waals surface area contributed by atoms with Gasteiger partial charge in [0.25, 0.3) is 0 Å². The Kier molecular flexibility index (Phi) is 6.30. The van der Waals surface area contributed by atoms with Gasteiger partial charge in [0.05, 0.1) is 5.92 Å². The summed E-state index contributed by atoms with van der Waals surface area (Å²) in [7, 11) is 0. The van der Waals surface area contributed by atoms with Crippen LogP contribution in [0.25, 0.3) is 0 Å². The second-order valence-corrected chi connectivity index (χ2v) is 6.42. The van der Waals surface area contributed by atoms with Gasteiger partial charge in [0.2, 0.25) is 5.91 Å². The van der Waals surface area contributed by atoms with E-state index in [2.05, 4.69) is 10.6 Å². The van der Waals surface area contributed by atoms with Crippen molar-refractivity contribution in [3.8, 4) is 0 Å². The van der Waals surface area contributed by atoms with Gasteiger partial charge in [-0.1, -0.05) is 12.8 Å². The lowest BCUT2D eigenvalue weighted by Crippen LogP contribution is -2.44. The summed E-state index contributed by atoms with van der Waals surface area (Å²) in [4.78, 5) is 12.2. The molecule has 1 saturated heterocycles. The van der Waals surface area contributed by atoms with Crippen LogP contribution in [0.4, 0.5) is 0 Å². The lowest BCUT2D eigenvalue weighted by atomic mass is 9.82. The Bertz CT molecular complexity index is 295. The van der Waals surface area contributed by atoms with Gasteiger partial charge in [0.15, 0.2) is 0 Å². The normalized spacial score (nSPS) is 25.6. The fourth-order valence-electron chi connectivity index (χ4n) is 3.57. The second kappa shape index (κ2) is 7.99. The van der Waals surface area contributed by atoms with Gasteiger partial charge in [-0.05, 0) is 51.0 Å². The van der Waals surface area contributed by atoms with Gasteiger partial charge in [-0.15, -0.1) is 0 Å². The highest BCUT2D eigenvalue weighted by Gasteiger charge is 2.34. The highest BCUT2D eigenvalue weighted by atomic mass is 16.5. The average Bonchev–Trinajstić information content (AvgIpc) is 2.95. The van der Waals surface area contributed by atoms with E-state index in [1.54, 1.807) is 0 Å². The fourth-order valence-corrected chi connectivity index (χ4v) is 3.57. The third-order valence-corrected chi connectivity index (χ3v) is 4.95. The molecule has 1 aliphatic carbocycles. The zero-order chi connectivity index (χ0) is 14.3. The van der Waals surface area contributed by atoms with Crippen LogP contribution in [0.5, 0.6) is 0 Å². The van der Waals surface area contributed by atoms with Gasteiger partial charge >= 0.3 is 0 Å². The van der Waals surface area contributed by atoms with Gasteiger partial charge in [0, 0.05) is 26.3 Å². The highest BCUT2D eigenvalue weighted by molar-refractivity contribution is 5.79. The van der Waals surface area contributed by atoms with Crippen molar-refractivity contribution in [2.75, 3.05) is 32.8 Å². The smallest absolute Gasteiger partial charge is 0.224 e.